The molecule has 4 aromatic rings. The molecular formula is C26H26N4O4S. The van der Waals surface area contributed by atoms with Crippen LogP contribution < -0.4 is 0 Å². The molecule has 8 nitrogen and oxygen atoms in total. The molecule has 180 valence electrons. The number of esters is 1. The van der Waals surface area contributed by atoms with Gasteiger partial charge in [-0.2, -0.15) is 0 Å². The van der Waals surface area contributed by atoms with Gasteiger partial charge in [-0.05, 0) is 57.2 Å². The zero-order chi connectivity index (χ0) is 25.1. The fourth-order valence-electron chi connectivity index (χ4n) is 4.02. The van der Waals surface area contributed by atoms with Gasteiger partial charge in [-0.15, -0.1) is 16.8 Å². The van der Waals surface area contributed by atoms with Crippen molar-refractivity contribution in [3.8, 4) is 17.1 Å². The Balaban J connectivity index is 1.55. The van der Waals surface area contributed by atoms with Crippen molar-refractivity contribution in [1.29, 1.82) is 0 Å². The van der Waals surface area contributed by atoms with Gasteiger partial charge in [-0.3, -0.25) is 9.36 Å². The highest BCUT2D eigenvalue weighted by molar-refractivity contribution is 7.99. The SMILES string of the molecule is C=CCn1c(SCC(=O)c2cc(C)n(-c3ccc(C(=O)OC)cc3)c2C)nnc1-c1ccoc1C. The molecule has 0 aliphatic rings. The minimum atomic E-state index is -0.388. The first kappa shape index (κ1) is 24.3. The quantitative estimate of drug-likeness (QED) is 0.138. The van der Waals surface area contributed by atoms with E-state index in [9.17, 15) is 9.59 Å². The highest BCUT2D eigenvalue weighted by Crippen LogP contribution is 2.28. The Morgan fingerprint density at radius 2 is 1.89 bits per heavy atom. The summed E-state index contributed by atoms with van der Waals surface area (Å²) in [6, 6.07) is 10.8. The summed E-state index contributed by atoms with van der Waals surface area (Å²) in [6.07, 6.45) is 3.39. The fraction of sp³-hybridized carbons (Fsp3) is 0.231. The van der Waals surface area contributed by atoms with Gasteiger partial charge >= 0.3 is 5.97 Å². The van der Waals surface area contributed by atoms with Gasteiger partial charge in [0.25, 0.3) is 0 Å². The van der Waals surface area contributed by atoms with Crippen molar-refractivity contribution in [2.24, 2.45) is 0 Å². The van der Waals surface area contributed by atoms with E-state index in [0.29, 0.717) is 28.7 Å². The average Bonchev–Trinajstić information content (AvgIpc) is 3.54. The molecular weight excluding hydrogens is 464 g/mol. The first-order chi connectivity index (χ1) is 16.8. The largest absolute Gasteiger partial charge is 0.469 e. The van der Waals surface area contributed by atoms with Crippen molar-refractivity contribution in [3.63, 3.8) is 0 Å². The van der Waals surface area contributed by atoms with E-state index >= 15 is 0 Å². The van der Waals surface area contributed by atoms with Gasteiger partial charge in [0.1, 0.15) is 5.76 Å². The minimum Gasteiger partial charge on any atom is -0.469 e. The van der Waals surface area contributed by atoms with E-state index in [1.165, 1.54) is 18.9 Å². The molecule has 4 rings (SSSR count). The molecule has 35 heavy (non-hydrogen) atoms. The molecule has 0 aliphatic heterocycles. The van der Waals surface area contributed by atoms with Crippen LogP contribution in [0.1, 0.15) is 37.9 Å². The summed E-state index contributed by atoms with van der Waals surface area (Å²) >= 11 is 1.34. The third-order valence-electron chi connectivity index (χ3n) is 5.74. The number of hydrogen-bond acceptors (Lipinski definition) is 7. The first-order valence-electron chi connectivity index (χ1n) is 11.0. The lowest BCUT2D eigenvalue weighted by Gasteiger charge is -2.11. The summed E-state index contributed by atoms with van der Waals surface area (Å²) in [5, 5.41) is 9.28. The van der Waals surface area contributed by atoms with Crippen molar-refractivity contribution >= 4 is 23.5 Å². The Morgan fingerprint density at radius 3 is 2.51 bits per heavy atom. The number of hydrogen-bond donors (Lipinski definition) is 0. The summed E-state index contributed by atoms with van der Waals surface area (Å²) < 4.78 is 14.1. The number of ketones is 1. The van der Waals surface area contributed by atoms with Crippen molar-refractivity contribution in [3.05, 3.63) is 83.6 Å². The maximum Gasteiger partial charge on any atom is 0.337 e. The van der Waals surface area contributed by atoms with Crippen LogP contribution in [-0.4, -0.2) is 43.9 Å². The fourth-order valence-corrected chi connectivity index (χ4v) is 4.85. The molecule has 0 radical (unpaired) electrons. The number of furan rings is 1. The number of carbonyl (C=O) groups is 2. The van der Waals surface area contributed by atoms with E-state index in [1.807, 2.05) is 54.2 Å². The Bertz CT molecular complexity index is 1400. The second-order valence-corrected chi connectivity index (χ2v) is 8.91. The molecule has 0 atom stereocenters. The molecule has 0 aliphatic carbocycles. The Kier molecular flexibility index (Phi) is 7.07. The minimum absolute atomic E-state index is 0.00488. The summed E-state index contributed by atoms with van der Waals surface area (Å²) in [4.78, 5) is 24.9. The van der Waals surface area contributed by atoms with Crippen LogP contribution in [-0.2, 0) is 11.3 Å². The van der Waals surface area contributed by atoms with Crippen LogP contribution in [0.4, 0.5) is 0 Å². The Labute approximate surface area is 207 Å². The second-order valence-electron chi connectivity index (χ2n) is 7.97. The van der Waals surface area contributed by atoms with E-state index in [0.717, 1.165) is 28.4 Å². The summed E-state index contributed by atoms with van der Waals surface area (Å²) in [7, 11) is 1.35. The van der Waals surface area contributed by atoms with Gasteiger partial charge in [0.15, 0.2) is 16.8 Å². The van der Waals surface area contributed by atoms with E-state index in [-0.39, 0.29) is 17.5 Å². The molecule has 0 spiro atoms. The summed E-state index contributed by atoms with van der Waals surface area (Å²) in [6.45, 7) is 10.1. The van der Waals surface area contributed by atoms with Crippen LogP contribution in [0, 0.1) is 20.8 Å². The highest BCUT2D eigenvalue weighted by Gasteiger charge is 2.21. The van der Waals surface area contributed by atoms with E-state index in [1.54, 1.807) is 24.5 Å². The third kappa shape index (κ3) is 4.72. The lowest BCUT2D eigenvalue weighted by Crippen LogP contribution is -2.07. The van der Waals surface area contributed by atoms with Gasteiger partial charge in [0, 0.05) is 29.2 Å². The zero-order valence-electron chi connectivity index (χ0n) is 20.1. The molecule has 0 N–H and O–H groups in total. The Hall–Kier alpha value is -3.85. The molecule has 9 heteroatoms. The summed E-state index contributed by atoms with van der Waals surface area (Å²) in [5.74, 6) is 1.25. The molecule has 0 fully saturated rings. The molecule has 0 amide bonds. The normalized spacial score (nSPS) is 11.0. The smallest absolute Gasteiger partial charge is 0.337 e. The highest BCUT2D eigenvalue weighted by atomic mass is 32.2. The first-order valence-corrected chi connectivity index (χ1v) is 12.0. The van der Waals surface area contributed by atoms with Gasteiger partial charge in [0.2, 0.25) is 0 Å². The molecule has 0 unspecified atom stereocenters. The van der Waals surface area contributed by atoms with Crippen LogP contribution in [0.25, 0.3) is 17.1 Å². The topological polar surface area (TPSA) is 92.2 Å². The standard InChI is InChI=1S/C26H26N4O4S/c1-6-12-29-24(21-11-13-34-18(21)4)27-28-26(29)35-15-23(31)22-14-16(2)30(17(22)3)20-9-7-19(8-10-20)25(32)33-5/h6-11,13-14H,1,12,15H2,2-5H3. The van der Waals surface area contributed by atoms with Crippen molar-refractivity contribution < 1.29 is 18.7 Å². The number of thioether (sulfide) groups is 1. The van der Waals surface area contributed by atoms with Crippen molar-refractivity contribution in [2.75, 3.05) is 12.9 Å². The molecule has 3 heterocycles. The number of aryl methyl sites for hydroxylation is 2. The zero-order valence-corrected chi connectivity index (χ0v) is 20.9. The van der Waals surface area contributed by atoms with E-state index < -0.39 is 0 Å². The number of ether oxygens (including phenoxy) is 1. The molecule has 0 saturated carbocycles. The van der Waals surface area contributed by atoms with Gasteiger partial charge in [0.05, 0.1) is 30.3 Å². The van der Waals surface area contributed by atoms with Gasteiger partial charge < -0.3 is 13.7 Å². The molecule has 0 bridgehead atoms. The predicted octanol–water partition coefficient (Wildman–Crippen LogP) is 5.20. The molecule has 0 saturated heterocycles. The van der Waals surface area contributed by atoms with E-state index in [4.69, 9.17) is 9.15 Å². The number of benzene rings is 1. The van der Waals surface area contributed by atoms with Crippen LogP contribution in [0.5, 0.6) is 0 Å². The van der Waals surface area contributed by atoms with Crippen molar-refractivity contribution in [2.45, 2.75) is 32.5 Å². The monoisotopic (exact) mass is 490 g/mol. The number of nitrogens with zero attached hydrogens (tertiary/aromatic N) is 4. The van der Waals surface area contributed by atoms with Gasteiger partial charge in [-0.1, -0.05) is 17.8 Å². The second kappa shape index (κ2) is 10.2. The van der Waals surface area contributed by atoms with E-state index in [2.05, 4.69) is 16.8 Å². The number of carbonyl (C=O) groups excluding carboxylic acids is 2. The van der Waals surface area contributed by atoms with Crippen LogP contribution in [0.15, 0.2) is 64.9 Å². The number of aromatic nitrogens is 4. The maximum absolute atomic E-state index is 13.2. The van der Waals surface area contributed by atoms with Crippen molar-refractivity contribution in [1.82, 2.24) is 19.3 Å². The lowest BCUT2D eigenvalue weighted by atomic mass is 10.2. The molecule has 3 aromatic heterocycles. The van der Waals surface area contributed by atoms with Gasteiger partial charge in [-0.25, -0.2) is 4.79 Å². The number of methoxy groups -OCH3 is 1. The lowest BCUT2D eigenvalue weighted by molar-refractivity contribution is 0.0600. The third-order valence-corrected chi connectivity index (χ3v) is 6.71. The van der Waals surface area contributed by atoms with Crippen LogP contribution >= 0.6 is 11.8 Å². The predicted molar refractivity (Wildman–Crippen MR) is 134 cm³/mol. The molecule has 1 aromatic carbocycles. The van der Waals surface area contributed by atoms with Crippen LogP contribution in [0.2, 0.25) is 0 Å². The summed E-state index contributed by atoms with van der Waals surface area (Å²) in [5.41, 5.74) is 4.60. The Morgan fingerprint density at radius 1 is 1.14 bits per heavy atom. The number of rotatable bonds is 9. The maximum atomic E-state index is 13.2. The number of allylic oxidation sites excluding steroid dienone is 1. The van der Waals surface area contributed by atoms with Crippen LogP contribution in [0.3, 0.4) is 0 Å². The number of Topliss-reactive ketones (excluding diaryl/α,β-unsaturated/α-hetero) is 1. The average molecular weight is 491 g/mol.